The van der Waals surface area contributed by atoms with Crippen molar-refractivity contribution in [3.05, 3.63) is 0 Å². The zero-order valence-corrected chi connectivity index (χ0v) is 11.5. The second-order valence-corrected chi connectivity index (χ2v) is 5.07. The molecule has 1 fully saturated rings. The smallest absolute Gasteiger partial charge is 0.340 e. The number of aliphatic hydroxyl groups is 1. The van der Waals surface area contributed by atoms with Gasteiger partial charge in [-0.1, -0.05) is 13.3 Å². The number of rotatable bonds is 4. The molecule has 1 saturated carbocycles. The number of likely N-dealkylation sites (N-methyl/N-ethyl adjacent to an activating group) is 1. The number of ether oxygens (including phenoxy) is 1. The predicted molar refractivity (Wildman–Crippen MR) is 66.8 cm³/mol. The fraction of sp³-hybridized carbons (Fsp3) is 0.923. The Bertz CT molecular complexity index is 280. The lowest BCUT2D eigenvalue weighted by atomic mass is 9.67. The lowest BCUT2D eigenvalue weighted by Crippen LogP contribution is -2.67. The van der Waals surface area contributed by atoms with Crippen molar-refractivity contribution >= 4 is 5.97 Å². The van der Waals surface area contributed by atoms with E-state index in [1.165, 1.54) is 0 Å². The van der Waals surface area contributed by atoms with Gasteiger partial charge in [-0.15, -0.1) is 0 Å². The Morgan fingerprint density at radius 2 is 1.88 bits per heavy atom. The molecule has 0 unspecified atom stereocenters. The molecule has 1 rings (SSSR count). The predicted octanol–water partition coefficient (Wildman–Crippen LogP) is 1.56. The minimum Gasteiger partial charge on any atom is -0.464 e. The summed E-state index contributed by atoms with van der Waals surface area (Å²) in [6.07, 6.45) is 4.01. The second-order valence-electron chi connectivity index (χ2n) is 5.07. The first-order valence-electron chi connectivity index (χ1n) is 6.51. The molecule has 0 spiro atoms. The highest BCUT2D eigenvalue weighted by Gasteiger charge is 2.57. The molecule has 0 heterocycles. The van der Waals surface area contributed by atoms with Crippen molar-refractivity contribution in [1.82, 2.24) is 4.90 Å². The largest absolute Gasteiger partial charge is 0.464 e. The van der Waals surface area contributed by atoms with E-state index in [0.717, 1.165) is 25.7 Å². The van der Waals surface area contributed by atoms with Gasteiger partial charge in [0.05, 0.1) is 12.1 Å². The highest BCUT2D eigenvalue weighted by Crippen LogP contribution is 2.43. The van der Waals surface area contributed by atoms with Crippen molar-refractivity contribution in [2.24, 2.45) is 0 Å². The lowest BCUT2D eigenvalue weighted by molar-refractivity contribution is -0.191. The molecule has 0 aromatic heterocycles. The van der Waals surface area contributed by atoms with E-state index in [-0.39, 0.29) is 0 Å². The lowest BCUT2D eigenvalue weighted by Gasteiger charge is -2.52. The van der Waals surface area contributed by atoms with Crippen molar-refractivity contribution < 1.29 is 14.6 Å². The third-order valence-electron chi connectivity index (χ3n) is 4.20. The van der Waals surface area contributed by atoms with Gasteiger partial charge in [0.15, 0.2) is 5.60 Å². The van der Waals surface area contributed by atoms with Crippen LogP contribution in [0.15, 0.2) is 0 Å². The third kappa shape index (κ3) is 2.20. The van der Waals surface area contributed by atoms with Crippen molar-refractivity contribution in [3.63, 3.8) is 0 Å². The van der Waals surface area contributed by atoms with Crippen LogP contribution in [-0.4, -0.2) is 47.8 Å². The molecule has 1 N–H and O–H groups in total. The van der Waals surface area contributed by atoms with E-state index in [1.807, 2.05) is 25.9 Å². The maximum absolute atomic E-state index is 12.1. The molecular weight excluding hydrogens is 218 g/mol. The van der Waals surface area contributed by atoms with Gasteiger partial charge in [0.1, 0.15) is 0 Å². The zero-order valence-electron chi connectivity index (χ0n) is 11.5. The van der Waals surface area contributed by atoms with Gasteiger partial charge in [-0.2, -0.15) is 0 Å². The minimum atomic E-state index is -1.36. The van der Waals surface area contributed by atoms with Crippen LogP contribution < -0.4 is 0 Å². The molecule has 4 nitrogen and oxygen atoms in total. The Kier molecular flexibility index (Phi) is 4.55. The molecule has 0 aromatic rings. The molecule has 1 aliphatic carbocycles. The number of carbonyl (C=O) groups is 1. The van der Waals surface area contributed by atoms with Crippen LogP contribution >= 0.6 is 0 Å². The van der Waals surface area contributed by atoms with Gasteiger partial charge in [0.2, 0.25) is 0 Å². The molecule has 0 saturated heterocycles. The molecule has 1 aliphatic rings. The number of hydrogen-bond acceptors (Lipinski definition) is 4. The first-order valence-corrected chi connectivity index (χ1v) is 6.51. The van der Waals surface area contributed by atoms with Gasteiger partial charge >= 0.3 is 5.97 Å². The Labute approximate surface area is 104 Å². The Hall–Kier alpha value is -0.610. The molecule has 0 bridgehead atoms. The van der Waals surface area contributed by atoms with Crippen molar-refractivity contribution in [2.75, 3.05) is 20.7 Å². The molecule has 4 heteroatoms. The average molecular weight is 243 g/mol. The molecule has 2 atom stereocenters. The Morgan fingerprint density at radius 3 is 2.35 bits per heavy atom. The number of nitrogens with zero attached hydrogens (tertiary/aromatic N) is 1. The Balaban J connectivity index is 3.10. The molecule has 0 aliphatic heterocycles. The van der Waals surface area contributed by atoms with E-state index < -0.39 is 17.1 Å². The molecular formula is C13H25NO3. The quantitative estimate of drug-likeness (QED) is 0.761. The summed E-state index contributed by atoms with van der Waals surface area (Å²) in [5, 5.41) is 10.8. The molecule has 0 amide bonds. The maximum atomic E-state index is 12.1. The average Bonchev–Trinajstić information content (AvgIpc) is 2.29. The van der Waals surface area contributed by atoms with Crippen LogP contribution in [0.25, 0.3) is 0 Å². The van der Waals surface area contributed by atoms with Crippen LogP contribution in [0.5, 0.6) is 0 Å². The second kappa shape index (κ2) is 5.36. The van der Waals surface area contributed by atoms with Gasteiger partial charge in [-0.25, -0.2) is 4.79 Å². The first kappa shape index (κ1) is 14.5. The van der Waals surface area contributed by atoms with Gasteiger partial charge < -0.3 is 14.7 Å². The van der Waals surface area contributed by atoms with Crippen LogP contribution in [0.1, 0.15) is 46.0 Å². The van der Waals surface area contributed by atoms with Gasteiger partial charge in [0.25, 0.3) is 0 Å². The van der Waals surface area contributed by atoms with Crippen LogP contribution in [0.4, 0.5) is 0 Å². The highest BCUT2D eigenvalue weighted by molar-refractivity contribution is 5.81. The van der Waals surface area contributed by atoms with E-state index in [0.29, 0.717) is 13.0 Å². The molecule has 0 radical (unpaired) electrons. The molecule has 100 valence electrons. The summed E-state index contributed by atoms with van der Waals surface area (Å²) in [6.45, 7) is 4.11. The summed E-state index contributed by atoms with van der Waals surface area (Å²) < 4.78 is 5.08. The van der Waals surface area contributed by atoms with Crippen LogP contribution in [0, 0.1) is 0 Å². The van der Waals surface area contributed by atoms with Gasteiger partial charge in [-0.05, 0) is 46.7 Å². The number of carbonyl (C=O) groups excluding carboxylic acids is 1. The van der Waals surface area contributed by atoms with Gasteiger partial charge in [-0.3, -0.25) is 0 Å². The van der Waals surface area contributed by atoms with E-state index in [1.54, 1.807) is 6.92 Å². The summed E-state index contributed by atoms with van der Waals surface area (Å²) in [6, 6.07) is 0. The van der Waals surface area contributed by atoms with Crippen molar-refractivity contribution in [3.8, 4) is 0 Å². The first-order chi connectivity index (χ1) is 7.94. The minimum absolute atomic E-state index is 0.314. The van der Waals surface area contributed by atoms with E-state index in [2.05, 4.69) is 0 Å². The molecule has 0 aromatic carbocycles. The fourth-order valence-corrected chi connectivity index (χ4v) is 3.16. The van der Waals surface area contributed by atoms with Crippen LogP contribution in [-0.2, 0) is 9.53 Å². The monoisotopic (exact) mass is 243 g/mol. The third-order valence-corrected chi connectivity index (χ3v) is 4.20. The van der Waals surface area contributed by atoms with E-state index in [9.17, 15) is 9.90 Å². The fourth-order valence-electron chi connectivity index (χ4n) is 3.16. The molecule has 17 heavy (non-hydrogen) atoms. The summed E-state index contributed by atoms with van der Waals surface area (Å²) in [7, 11) is 3.86. The standard InChI is InChI=1S/C13H25NO3/c1-5-12(14(3)4)9-7-8-10-13(12,16)11(15)17-6-2/h16H,5-10H2,1-4H3/t12-,13-/m0/s1. The van der Waals surface area contributed by atoms with Crippen LogP contribution in [0.2, 0.25) is 0 Å². The SMILES string of the molecule is CCOC(=O)[C@@]1(O)CCCC[C@]1(CC)N(C)C. The Morgan fingerprint density at radius 1 is 1.29 bits per heavy atom. The number of esters is 1. The van der Waals surface area contributed by atoms with E-state index in [4.69, 9.17) is 4.74 Å². The summed E-state index contributed by atoms with van der Waals surface area (Å²) in [4.78, 5) is 14.1. The summed E-state index contributed by atoms with van der Waals surface area (Å²) >= 11 is 0. The van der Waals surface area contributed by atoms with Crippen molar-refractivity contribution in [1.29, 1.82) is 0 Å². The highest BCUT2D eigenvalue weighted by atomic mass is 16.5. The normalized spacial score (nSPS) is 33.8. The van der Waals surface area contributed by atoms with Crippen LogP contribution in [0.3, 0.4) is 0 Å². The van der Waals surface area contributed by atoms with Crippen molar-refractivity contribution in [2.45, 2.75) is 57.1 Å². The number of hydrogen-bond donors (Lipinski definition) is 1. The topological polar surface area (TPSA) is 49.8 Å². The maximum Gasteiger partial charge on any atom is 0.340 e. The summed E-state index contributed by atoms with van der Waals surface area (Å²) in [5.41, 5.74) is -1.85. The van der Waals surface area contributed by atoms with Gasteiger partial charge in [0, 0.05) is 0 Å². The van der Waals surface area contributed by atoms with E-state index >= 15 is 0 Å². The summed E-state index contributed by atoms with van der Waals surface area (Å²) in [5.74, 6) is -0.463. The zero-order chi connectivity index (χ0) is 13.1.